The molecule has 1 atom stereocenters. The van der Waals surface area contributed by atoms with Gasteiger partial charge in [-0.1, -0.05) is 17.7 Å². The summed E-state index contributed by atoms with van der Waals surface area (Å²) in [6, 6.07) is 3.77. The molecular formula is C11H11ClF3N. The zero-order chi connectivity index (χ0) is 11.8. The summed E-state index contributed by atoms with van der Waals surface area (Å²) < 4.78 is 38.4. The number of halogens is 4. The maximum atomic E-state index is 12.8. The van der Waals surface area contributed by atoms with E-state index < -0.39 is 11.7 Å². The molecule has 1 N–H and O–H groups in total. The number of hydrogen-bond donors (Lipinski definition) is 1. The highest BCUT2D eigenvalue weighted by molar-refractivity contribution is 6.30. The molecule has 1 nitrogen and oxygen atoms in total. The number of rotatable bonds is 1. The van der Waals surface area contributed by atoms with Gasteiger partial charge in [0.1, 0.15) is 0 Å². The van der Waals surface area contributed by atoms with Crippen LogP contribution in [0.4, 0.5) is 13.2 Å². The van der Waals surface area contributed by atoms with Gasteiger partial charge in [-0.3, -0.25) is 0 Å². The molecule has 1 aromatic carbocycles. The molecule has 16 heavy (non-hydrogen) atoms. The summed E-state index contributed by atoms with van der Waals surface area (Å²) in [4.78, 5) is 0. The first-order chi connectivity index (χ1) is 7.48. The van der Waals surface area contributed by atoms with Crippen LogP contribution in [-0.2, 0) is 6.18 Å². The van der Waals surface area contributed by atoms with Crippen molar-refractivity contribution in [1.29, 1.82) is 0 Å². The van der Waals surface area contributed by atoms with Crippen LogP contribution >= 0.6 is 11.6 Å². The quantitative estimate of drug-likeness (QED) is 0.799. The molecule has 1 saturated heterocycles. The van der Waals surface area contributed by atoms with Crippen LogP contribution in [0.3, 0.4) is 0 Å². The second kappa shape index (κ2) is 4.26. The number of nitrogens with one attached hydrogen (secondary N) is 1. The highest BCUT2D eigenvalue weighted by atomic mass is 35.5. The van der Waals surface area contributed by atoms with E-state index in [0.717, 1.165) is 25.5 Å². The van der Waals surface area contributed by atoms with Crippen molar-refractivity contribution in [3.63, 3.8) is 0 Å². The molecule has 1 aliphatic rings. The molecule has 0 aliphatic carbocycles. The van der Waals surface area contributed by atoms with E-state index in [9.17, 15) is 13.2 Å². The first kappa shape index (κ1) is 11.7. The Morgan fingerprint density at radius 1 is 1.31 bits per heavy atom. The van der Waals surface area contributed by atoms with Crippen LogP contribution in [0.1, 0.15) is 30.0 Å². The summed E-state index contributed by atoms with van der Waals surface area (Å²) in [6.07, 6.45) is -2.69. The lowest BCUT2D eigenvalue weighted by molar-refractivity contribution is -0.138. The van der Waals surface area contributed by atoms with Crippen molar-refractivity contribution in [2.75, 3.05) is 6.54 Å². The minimum absolute atomic E-state index is 0.120. The summed E-state index contributed by atoms with van der Waals surface area (Å²) >= 11 is 5.61. The molecule has 88 valence electrons. The van der Waals surface area contributed by atoms with E-state index in [1.807, 2.05) is 0 Å². The van der Waals surface area contributed by atoms with Crippen LogP contribution in [-0.4, -0.2) is 6.54 Å². The molecule has 5 heteroatoms. The summed E-state index contributed by atoms with van der Waals surface area (Å²) in [6.45, 7) is 0.768. The maximum Gasteiger partial charge on any atom is 0.416 e. The van der Waals surface area contributed by atoms with Gasteiger partial charge in [0.15, 0.2) is 0 Å². The van der Waals surface area contributed by atoms with Gasteiger partial charge in [-0.15, -0.1) is 0 Å². The Bertz CT molecular complexity index is 383. The van der Waals surface area contributed by atoms with Gasteiger partial charge in [-0.2, -0.15) is 13.2 Å². The molecule has 0 saturated carbocycles. The van der Waals surface area contributed by atoms with Crippen LogP contribution in [0.2, 0.25) is 5.02 Å². The third-order valence-electron chi connectivity index (χ3n) is 2.76. The van der Waals surface area contributed by atoms with Crippen LogP contribution < -0.4 is 5.32 Å². The van der Waals surface area contributed by atoms with Gasteiger partial charge in [0, 0.05) is 11.1 Å². The molecule has 0 spiro atoms. The zero-order valence-corrected chi connectivity index (χ0v) is 9.20. The van der Waals surface area contributed by atoms with Crippen molar-refractivity contribution < 1.29 is 13.2 Å². The largest absolute Gasteiger partial charge is 0.416 e. The molecule has 0 amide bonds. The van der Waals surface area contributed by atoms with E-state index in [1.165, 1.54) is 12.1 Å². The lowest BCUT2D eigenvalue weighted by Crippen LogP contribution is -2.18. The fourth-order valence-electron chi connectivity index (χ4n) is 2.03. The van der Waals surface area contributed by atoms with E-state index in [4.69, 9.17) is 11.6 Å². The average molecular weight is 250 g/mol. The normalized spacial score (nSPS) is 21.4. The molecule has 0 bridgehead atoms. The Morgan fingerprint density at radius 2 is 2.06 bits per heavy atom. The minimum Gasteiger partial charge on any atom is -0.310 e. The maximum absolute atomic E-state index is 12.8. The third kappa shape index (κ3) is 2.33. The molecule has 1 aliphatic heterocycles. The summed E-state index contributed by atoms with van der Waals surface area (Å²) in [5.41, 5.74) is -0.325. The van der Waals surface area contributed by atoms with Crippen molar-refractivity contribution in [3.05, 3.63) is 34.3 Å². The predicted octanol–water partition coefficient (Wildman–Crippen LogP) is 3.78. The van der Waals surface area contributed by atoms with Gasteiger partial charge in [0.25, 0.3) is 0 Å². The van der Waals surface area contributed by atoms with Gasteiger partial charge < -0.3 is 5.32 Å². The van der Waals surface area contributed by atoms with Crippen molar-refractivity contribution in [1.82, 2.24) is 5.32 Å². The summed E-state index contributed by atoms with van der Waals surface area (Å²) in [5.74, 6) is 0. The molecule has 1 heterocycles. The van der Waals surface area contributed by atoms with Crippen LogP contribution in [0.25, 0.3) is 0 Å². The SMILES string of the molecule is FC(F)(F)c1cc(Cl)ccc1C1CCCN1. The number of benzene rings is 1. The number of hydrogen-bond acceptors (Lipinski definition) is 1. The Morgan fingerprint density at radius 3 is 2.62 bits per heavy atom. The lowest BCUT2D eigenvalue weighted by Gasteiger charge is -2.18. The molecule has 1 fully saturated rings. The van der Waals surface area contributed by atoms with Crippen molar-refractivity contribution >= 4 is 11.6 Å². The average Bonchev–Trinajstić information content (AvgIpc) is 2.69. The monoisotopic (exact) mass is 249 g/mol. The smallest absolute Gasteiger partial charge is 0.310 e. The van der Waals surface area contributed by atoms with Crippen LogP contribution in [0.15, 0.2) is 18.2 Å². The van der Waals surface area contributed by atoms with Crippen LogP contribution in [0.5, 0.6) is 0 Å². The highest BCUT2D eigenvalue weighted by Gasteiger charge is 2.35. The third-order valence-corrected chi connectivity index (χ3v) is 2.99. The molecule has 0 aromatic heterocycles. The van der Waals surface area contributed by atoms with Gasteiger partial charge in [-0.25, -0.2) is 0 Å². The fourth-order valence-corrected chi connectivity index (χ4v) is 2.20. The van der Waals surface area contributed by atoms with Crippen molar-refractivity contribution in [2.45, 2.75) is 25.1 Å². The minimum atomic E-state index is -4.34. The molecule has 0 radical (unpaired) electrons. The van der Waals surface area contributed by atoms with E-state index in [1.54, 1.807) is 0 Å². The Balaban J connectivity index is 2.43. The second-order valence-electron chi connectivity index (χ2n) is 3.88. The summed E-state index contributed by atoms with van der Waals surface area (Å²) in [5, 5.41) is 3.18. The Kier molecular flexibility index (Phi) is 3.13. The zero-order valence-electron chi connectivity index (χ0n) is 8.44. The molecule has 1 aromatic rings. The Hall–Kier alpha value is -0.740. The standard InChI is InChI=1S/C11H11ClF3N/c12-7-3-4-8(10-2-1-5-16-10)9(6-7)11(13,14)15/h3-4,6,10,16H,1-2,5H2. The van der Waals surface area contributed by atoms with E-state index in [2.05, 4.69) is 5.32 Å². The molecule has 2 rings (SSSR count). The summed E-state index contributed by atoms with van der Waals surface area (Å²) in [7, 11) is 0. The van der Waals surface area contributed by atoms with Gasteiger partial charge >= 0.3 is 6.18 Å². The highest BCUT2D eigenvalue weighted by Crippen LogP contribution is 2.38. The van der Waals surface area contributed by atoms with E-state index in [0.29, 0.717) is 5.56 Å². The molecule has 1 unspecified atom stereocenters. The first-order valence-electron chi connectivity index (χ1n) is 5.08. The number of alkyl halides is 3. The fraction of sp³-hybridized carbons (Fsp3) is 0.455. The van der Waals surface area contributed by atoms with Crippen molar-refractivity contribution in [3.8, 4) is 0 Å². The predicted molar refractivity (Wildman–Crippen MR) is 56.4 cm³/mol. The second-order valence-corrected chi connectivity index (χ2v) is 4.31. The first-order valence-corrected chi connectivity index (χ1v) is 5.46. The lowest BCUT2D eigenvalue weighted by atomic mass is 9.99. The topological polar surface area (TPSA) is 12.0 Å². The van der Waals surface area contributed by atoms with Crippen molar-refractivity contribution in [2.24, 2.45) is 0 Å². The van der Waals surface area contributed by atoms with Gasteiger partial charge in [0.2, 0.25) is 0 Å². The Labute approximate surface area is 96.6 Å². The van der Waals surface area contributed by atoms with E-state index >= 15 is 0 Å². The molecular weight excluding hydrogens is 239 g/mol. The van der Waals surface area contributed by atoms with Gasteiger partial charge in [0.05, 0.1) is 5.56 Å². The van der Waals surface area contributed by atoms with E-state index in [-0.39, 0.29) is 11.1 Å². The van der Waals surface area contributed by atoms with Gasteiger partial charge in [-0.05, 0) is 37.1 Å². The van der Waals surface area contributed by atoms with Crippen LogP contribution in [0, 0.1) is 0 Å².